The van der Waals surface area contributed by atoms with Gasteiger partial charge in [-0.05, 0) is 26.1 Å². The second-order valence-corrected chi connectivity index (χ2v) is 4.21. The van der Waals surface area contributed by atoms with E-state index in [-0.39, 0.29) is 5.56 Å². The molecule has 0 bridgehead atoms. The van der Waals surface area contributed by atoms with Crippen molar-refractivity contribution in [3.63, 3.8) is 0 Å². The van der Waals surface area contributed by atoms with Crippen molar-refractivity contribution in [1.82, 2.24) is 15.3 Å². The Bertz CT molecular complexity index is 635. The molecular weight excluding hydrogens is 242 g/mol. The predicted molar refractivity (Wildman–Crippen MR) is 74.3 cm³/mol. The zero-order chi connectivity index (χ0) is 13.8. The van der Waals surface area contributed by atoms with E-state index < -0.39 is 0 Å². The van der Waals surface area contributed by atoms with Crippen molar-refractivity contribution in [1.29, 1.82) is 0 Å². The van der Waals surface area contributed by atoms with Crippen molar-refractivity contribution in [2.24, 2.45) is 0 Å². The normalized spacial score (nSPS) is 10.5. The van der Waals surface area contributed by atoms with Gasteiger partial charge in [0, 0.05) is 12.2 Å². The van der Waals surface area contributed by atoms with Crippen LogP contribution in [0.3, 0.4) is 0 Å². The van der Waals surface area contributed by atoms with Crippen LogP contribution in [0.1, 0.15) is 11.3 Å². The van der Waals surface area contributed by atoms with Crippen molar-refractivity contribution >= 4 is 0 Å². The third-order valence-electron chi connectivity index (χ3n) is 2.94. The second kappa shape index (κ2) is 5.67. The summed E-state index contributed by atoms with van der Waals surface area (Å²) < 4.78 is 5.28. The Morgan fingerprint density at radius 3 is 2.74 bits per heavy atom. The number of ether oxygens (including phenoxy) is 1. The van der Waals surface area contributed by atoms with Gasteiger partial charge < -0.3 is 15.0 Å². The zero-order valence-corrected chi connectivity index (χ0v) is 11.3. The summed E-state index contributed by atoms with van der Waals surface area (Å²) in [6.07, 6.45) is 0. The summed E-state index contributed by atoms with van der Waals surface area (Å²) in [5, 5.41) is 2.96. The number of aromatic nitrogens is 2. The molecule has 0 aliphatic heterocycles. The Morgan fingerprint density at radius 2 is 2.11 bits per heavy atom. The number of hydrogen-bond donors (Lipinski definition) is 2. The standard InChI is InChI=1S/C14H17N3O2/c1-9-11(8-15-2)14(18)17-13(16-9)10-6-4-5-7-12(10)19-3/h4-7,15H,8H2,1-3H3,(H,16,17,18). The summed E-state index contributed by atoms with van der Waals surface area (Å²) in [6.45, 7) is 2.33. The van der Waals surface area contributed by atoms with Crippen LogP contribution in [-0.4, -0.2) is 24.1 Å². The molecule has 100 valence electrons. The topological polar surface area (TPSA) is 67.0 Å². The second-order valence-electron chi connectivity index (χ2n) is 4.21. The quantitative estimate of drug-likeness (QED) is 0.872. The van der Waals surface area contributed by atoms with Gasteiger partial charge in [0.15, 0.2) is 0 Å². The highest BCUT2D eigenvalue weighted by Gasteiger charge is 2.11. The predicted octanol–water partition coefficient (Wildman–Crippen LogP) is 1.47. The van der Waals surface area contributed by atoms with Crippen LogP contribution in [0.25, 0.3) is 11.4 Å². The van der Waals surface area contributed by atoms with Gasteiger partial charge in [-0.3, -0.25) is 4.79 Å². The number of H-pyrrole nitrogens is 1. The molecule has 1 aromatic heterocycles. The highest BCUT2D eigenvalue weighted by molar-refractivity contribution is 5.64. The van der Waals surface area contributed by atoms with Crippen molar-refractivity contribution in [3.8, 4) is 17.1 Å². The van der Waals surface area contributed by atoms with Crippen LogP contribution in [0, 0.1) is 6.92 Å². The van der Waals surface area contributed by atoms with Gasteiger partial charge in [-0.15, -0.1) is 0 Å². The van der Waals surface area contributed by atoms with Crippen molar-refractivity contribution in [2.45, 2.75) is 13.5 Å². The molecule has 0 aliphatic rings. The summed E-state index contributed by atoms with van der Waals surface area (Å²) in [7, 11) is 3.40. The van der Waals surface area contributed by atoms with E-state index in [0.29, 0.717) is 23.7 Å². The first-order valence-corrected chi connectivity index (χ1v) is 6.05. The summed E-state index contributed by atoms with van der Waals surface area (Å²) in [5.74, 6) is 1.21. The molecule has 0 unspecified atom stereocenters. The van der Waals surface area contributed by atoms with E-state index in [1.54, 1.807) is 14.2 Å². The molecule has 1 heterocycles. The van der Waals surface area contributed by atoms with Crippen molar-refractivity contribution in [2.75, 3.05) is 14.2 Å². The SMILES string of the molecule is CNCc1c(C)nc(-c2ccccc2OC)[nH]c1=O. The van der Waals surface area contributed by atoms with E-state index in [1.165, 1.54) is 0 Å². The first kappa shape index (κ1) is 13.3. The monoisotopic (exact) mass is 259 g/mol. The highest BCUT2D eigenvalue weighted by atomic mass is 16.5. The number of nitrogens with one attached hydrogen (secondary N) is 2. The van der Waals surface area contributed by atoms with E-state index >= 15 is 0 Å². The Hall–Kier alpha value is -2.14. The molecule has 19 heavy (non-hydrogen) atoms. The molecule has 5 heteroatoms. The lowest BCUT2D eigenvalue weighted by atomic mass is 10.1. The molecular formula is C14H17N3O2. The largest absolute Gasteiger partial charge is 0.496 e. The minimum Gasteiger partial charge on any atom is -0.496 e. The van der Waals surface area contributed by atoms with Gasteiger partial charge in [0.05, 0.1) is 18.2 Å². The van der Waals surface area contributed by atoms with Gasteiger partial charge in [0.25, 0.3) is 5.56 Å². The van der Waals surface area contributed by atoms with Crippen LogP contribution in [0.2, 0.25) is 0 Å². The molecule has 0 aliphatic carbocycles. The smallest absolute Gasteiger partial charge is 0.255 e. The number of methoxy groups -OCH3 is 1. The Morgan fingerprint density at radius 1 is 1.37 bits per heavy atom. The maximum Gasteiger partial charge on any atom is 0.255 e. The zero-order valence-electron chi connectivity index (χ0n) is 11.3. The van der Waals surface area contributed by atoms with E-state index in [9.17, 15) is 4.79 Å². The third kappa shape index (κ3) is 2.66. The molecule has 0 spiro atoms. The van der Waals surface area contributed by atoms with Crippen LogP contribution in [0.4, 0.5) is 0 Å². The summed E-state index contributed by atoms with van der Waals surface area (Å²) >= 11 is 0. The minimum atomic E-state index is -0.122. The van der Waals surface area contributed by atoms with Gasteiger partial charge in [0.1, 0.15) is 11.6 Å². The molecule has 0 saturated heterocycles. The lowest BCUT2D eigenvalue weighted by Gasteiger charge is -2.10. The molecule has 2 N–H and O–H groups in total. The maximum atomic E-state index is 12.0. The molecule has 2 rings (SSSR count). The van der Waals surface area contributed by atoms with Crippen LogP contribution >= 0.6 is 0 Å². The third-order valence-corrected chi connectivity index (χ3v) is 2.94. The molecule has 0 radical (unpaired) electrons. The Balaban J connectivity index is 2.55. The summed E-state index contributed by atoms with van der Waals surface area (Å²) in [6, 6.07) is 7.47. The molecule has 5 nitrogen and oxygen atoms in total. The van der Waals surface area contributed by atoms with Crippen LogP contribution in [0.15, 0.2) is 29.1 Å². The van der Waals surface area contributed by atoms with Gasteiger partial charge >= 0.3 is 0 Å². The molecule has 0 fully saturated rings. The maximum absolute atomic E-state index is 12.0. The van der Waals surface area contributed by atoms with E-state index in [0.717, 1.165) is 11.3 Å². The van der Waals surface area contributed by atoms with Gasteiger partial charge in [-0.25, -0.2) is 4.98 Å². The minimum absolute atomic E-state index is 0.122. The number of benzene rings is 1. The van der Waals surface area contributed by atoms with Crippen LogP contribution in [0.5, 0.6) is 5.75 Å². The number of hydrogen-bond acceptors (Lipinski definition) is 4. The number of aryl methyl sites for hydroxylation is 1. The summed E-state index contributed by atoms with van der Waals surface area (Å²) in [4.78, 5) is 19.3. The lowest BCUT2D eigenvalue weighted by Crippen LogP contribution is -2.22. The molecule has 0 amide bonds. The van der Waals surface area contributed by atoms with Crippen LogP contribution in [-0.2, 0) is 6.54 Å². The fourth-order valence-electron chi connectivity index (χ4n) is 1.96. The lowest BCUT2D eigenvalue weighted by molar-refractivity contribution is 0.416. The number of aromatic amines is 1. The number of para-hydroxylation sites is 1. The fraction of sp³-hybridized carbons (Fsp3) is 0.286. The number of nitrogens with zero attached hydrogens (tertiary/aromatic N) is 1. The number of rotatable bonds is 4. The van der Waals surface area contributed by atoms with E-state index in [1.807, 2.05) is 31.2 Å². The molecule has 0 atom stereocenters. The van der Waals surface area contributed by atoms with E-state index in [2.05, 4.69) is 15.3 Å². The Kier molecular flexibility index (Phi) is 3.97. The van der Waals surface area contributed by atoms with Gasteiger partial charge in [-0.1, -0.05) is 12.1 Å². The molecule has 1 aromatic carbocycles. The van der Waals surface area contributed by atoms with Crippen molar-refractivity contribution < 1.29 is 4.74 Å². The fourth-order valence-corrected chi connectivity index (χ4v) is 1.96. The Labute approximate surface area is 111 Å². The summed E-state index contributed by atoms with van der Waals surface area (Å²) in [5.41, 5.74) is 2.03. The van der Waals surface area contributed by atoms with Gasteiger partial charge in [0.2, 0.25) is 0 Å². The molecule has 0 saturated carbocycles. The first-order valence-electron chi connectivity index (χ1n) is 6.05. The average molecular weight is 259 g/mol. The molecule has 2 aromatic rings. The van der Waals surface area contributed by atoms with Crippen molar-refractivity contribution in [3.05, 3.63) is 45.9 Å². The van der Waals surface area contributed by atoms with E-state index in [4.69, 9.17) is 4.74 Å². The first-order chi connectivity index (χ1) is 9.17. The highest BCUT2D eigenvalue weighted by Crippen LogP contribution is 2.26. The van der Waals surface area contributed by atoms with Gasteiger partial charge in [-0.2, -0.15) is 0 Å². The average Bonchev–Trinajstić information content (AvgIpc) is 2.42. The van der Waals surface area contributed by atoms with Crippen LogP contribution < -0.4 is 15.6 Å².